The summed E-state index contributed by atoms with van der Waals surface area (Å²) in [5.74, 6) is 0.723. The first-order valence-corrected chi connectivity index (χ1v) is 13.3. The van der Waals surface area contributed by atoms with Crippen molar-refractivity contribution in [1.82, 2.24) is 9.13 Å². The van der Waals surface area contributed by atoms with E-state index in [1.54, 1.807) is 23.5 Å². The van der Waals surface area contributed by atoms with Gasteiger partial charge in [0.15, 0.2) is 0 Å². The Hall–Kier alpha value is -3.12. The topological polar surface area (TPSA) is 53.2 Å². The van der Waals surface area contributed by atoms with Crippen LogP contribution in [0.5, 0.6) is 5.75 Å². The predicted octanol–water partition coefficient (Wildman–Crippen LogP) is 5.86. The van der Waals surface area contributed by atoms with Crippen LogP contribution in [0.15, 0.2) is 46.0 Å². The van der Waals surface area contributed by atoms with Gasteiger partial charge in [-0.15, -0.1) is 11.3 Å². The van der Waals surface area contributed by atoms with Crippen molar-refractivity contribution in [2.24, 2.45) is 0 Å². The molecule has 2 heterocycles. The molecule has 0 amide bonds. The zero-order chi connectivity index (χ0) is 24.7. The number of aryl methyl sites for hydroxylation is 5. The molecule has 5 nitrogen and oxygen atoms in total. The lowest BCUT2D eigenvalue weighted by Crippen LogP contribution is -2.39. The Labute approximate surface area is 209 Å². The average Bonchev–Trinajstić information content (AvgIpc) is 3.02. The molecule has 2 aromatic heterocycles. The summed E-state index contributed by atoms with van der Waals surface area (Å²) < 4.78 is 8.76. The number of hydrogen-bond acceptors (Lipinski definition) is 4. The molecule has 35 heavy (non-hydrogen) atoms. The van der Waals surface area contributed by atoms with Crippen molar-refractivity contribution >= 4 is 21.6 Å². The van der Waals surface area contributed by atoms with Crippen LogP contribution in [-0.2, 0) is 19.4 Å². The smallest absolute Gasteiger partial charge is 0.337 e. The third-order valence-electron chi connectivity index (χ3n) is 7.05. The molecule has 0 unspecified atom stereocenters. The van der Waals surface area contributed by atoms with Crippen molar-refractivity contribution in [3.8, 4) is 11.4 Å². The maximum absolute atomic E-state index is 14.0. The van der Waals surface area contributed by atoms with E-state index in [1.807, 2.05) is 23.6 Å². The van der Waals surface area contributed by atoms with E-state index in [0.29, 0.717) is 18.8 Å². The van der Waals surface area contributed by atoms with E-state index in [-0.39, 0.29) is 11.2 Å². The highest BCUT2D eigenvalue weighted by Crippen LogP contribution is 2.34. The number of thiophene rings is 1. The first-order valence-electron chi connectivity index (χ1n) is 12.5. The van der Waals surface area contributed by atoms with Gasteiger partial charge in [0.2, 0.25) is 0 Å². The summed E-state index contributed by atoms with van der Waals surface area (Å²) in [4.78, 5) is 30.0. The number of hydrogen-bond donors (Lipinski definition) is 0. The van der Waals surface area contributed by atoms with Crippen LogP contribution in [-0.4, -0.2) is 15.7 Å². The van der Waals surface area contributed by atoms with E-state index >= 15 is 0 Å². The second-order valence-corrected chi connectivity index (χ2v) is 10.6. The fraction of sp³-hybridized carbons (Fsp3) is 0.379. The van der Waals surface area contributed by atoms with Crippen LogP contribution in [0.25, 0.3) is 15.9 Å². The summed E-state index contributed by atoms with van der Waals surface area (Å²) in [6, 6.07) is 11.6. The molecule has 5 rings (SSSR count). The van der Waals surface area contributed by atoms with Gasteiger partial charge in [0, 0.05) is 4.88 Å². The first kappa shape index (κ1) is 23.6. The van der Waals surface area contributed by atoms with Crippen molar-refractivity contribution in [2.45, 2.75) is 66.3 Å². The van der Waals surface area contributed by atoms with Gasteiger partial charge in [-0.3, -0.25) is 9.36 Å². The van der Waals surface area contributed by atoms with Gasteiger partial charge >= 0.3 is 5.69 Å². The Morgan fingerprint density at radius 1 is 0.943 bits per heavy atom. The lowest BCUT2D eigenvalue weighted by molar-refractivity contribution is 0.340. The number of fused-ring (bicyclic) bond motifs is 3. The standard InChI is InChI=1S/C29H32N2O3S/c1-5-34-22-13-11-21(12-14-22)31-27(32)26-23-9-7-6-8-10-25(23)35-28(26)30(29(31)33)17-24-19(3)15-18(2)16-20(24)4/h11-16H,5-10,17H2,1-4H3. The van der Waals surface area contributed by atoms with Gasteiger partial charge in [-0.05, 0) is 99.9 Å². The molecular formula is C29H32N2O3S. The molecule has 0 spiro atoms. The minimum atomic E-state index is -0.289. The van der Waals surface area contributed by atoms with Crippen LogP contribution in [0.3, 0.4) is 0 Å². The monoisotopic (exact) mass is 488 g/mol. The average molecular weight is 489 g/mol. The Kier molecular flexibility index (Phi) is 6.41. The molecule has 0 aliphatic heterocycles. The molecule has 2 aromatic carbocycles. The van der Waals surface area contributed by atoms with E-state index in [9.17, 15) is 9.59 Å². The van der Waals surface area contributed by atoms with E-state index in [2.05, 4.69) is 32.9 Å². The second kappa shape index (κ2) is 9.50. The van der Waals surface area contributed by atoms with E-state index in [1.165, 1.54) is 32.6 Å². The normalized spacial score (nSPS) is 13.6. The van der Waals surface area contributed by atoms with Crippen molar-refractivity contribution in [1.29, 1.82) is 0 Å². The number of aromatic nitrogens is 2. The van der Waals surface area contributed by atoms with Crippen molar-refractivity contribution < 1.29 is 4.74 Å². The molecule has 0 radical (unpaired) electrons. The molecule has 6 heteroatoms. The fourth-order valence-electron chi connectivity index (χ4n) is 5.39. The van der Waals surface area contributed by atoms with Crippen LogP contribution in [0.2, 0.25) is 0 Å². The van der Waals surface area contributed by atoms with Gasteiger partial charge in [-0.1, -0.05) is 24.1 Å². The summed E-state index contributed by atoms with van der Waals surface area (Å²) in [5, 5.41) is 0.725. The SMILES string of the molecule is CCOc1ccc(-n2c(=O)c3c4c(sc3n(Cc3c(C)cc(C)cc3C)c2=O)CCCCC4)cc1. The minimum Gasteiger partial charge on any atom is -0.494 e. The molecule has 0 bridgehead atoms. The van der Waals surface area contributed by atoms with E-state index < -0.39 is 0 Å². The zero-order valence-electron chi connectivity index (χ0n) is 20.9. The molecule has 0 atom stereocenters. The highest BCUT2D eigenvalue weighted by atomic mass is 32.1. The zero-order valence-corrected chi connectivity index (χ0v) is 21.8. The maximum Gasteiger partial charge on any atom is 0.337 e. The largest absolute Gasteiger partial charge is 0.494 e. The van der Waals surface area contributed by atoms with Gasteiger partial charge in [-0.25, -0.2) is 9.36 Å². The fourth-order valence-corrected chi connectivity index (χ4v) is 6.76. The van der Waals surface area contributed by atoms with E-state index in [0.717, 1.165) is 52.8 Å². The van der Waals surface area contributed by atoms with Crippen molar-refractivity contribution in [2.75, 3.05) is 6.61 Å². The Morgan fingerprint density at radius 2 is 1.63 bits per heavy atom. The Bertz CT molecular complexity index is 1500. The van der Waals surface area contributed by atoms with Gasteiger partial charge in [0.1, 0.15) is 10.6 Å². The molecule has 182 valence electrons. The number of nitrogens with zero attached hydrogens (tertiary/aromatic N) is 2. The lowest BCUT2D eigenvalue weighted by Gasteiger charge is -2.16. The van der Waals surface area contributed by atoms with Gasteiger partial charge in [0.25, 0.3) is 5.56 Å². The summed E-state index contributed by atoms with van der Waals surface area (Å²) in [6.45, 7) is 9.24. The number of ether oxygens (including phenoxy) is 1. The summed E-state index contributed by atoms with van der Waals surface area (Å²) >= 11 is 1.64. The summed E-state index contributed by atoms with van der Waals surface area (Å²) in [6.07, 6.45) is 5.27. The molecule has 0 saturated carbocycles. The third-order valence-corrected chi connectivity index (χ3v) is 8.36. The molecule has 4 aromatic rings. The molecular weight excluding hydrogens is 456 g/mol. The third kappa shape index (κ3) is 4.25. The lowest BCUT2D eigenvalue weighted by atomic mass is 10.00. The molecule has 1 aliphatic rings. The van der Waals surface area contributed by atoms with Crippen LogP contribution in [0, 0.1) is 20.8 Å². The highest BCUT2D eigenvalue weighted by molar-refractivity contribution is 7.18. The molecule has 0 fully saturated rings. The molecule has 0 N–H and O–H groups in total. The predicted molar refractivity (Wildman–Crippen MR) is 144 cm³/mol. The minimum absolute atomic E-state index is 0.206. The Balaban J connectivity index is 1.79. The van der Waals surface area contributed by atoms with Gasteiger partial charge in [0.05, 0.1) is 24.2 Å². The van der Waals surface area contributed by atoms with Crippen LogP contribution < -0.4 is 16.0 Å². The number of benzene rings is 2. The maximum atomic E-state index is 14.0. The number of rotatable bonds is 5. The quantitative estimate of drug-likeness (QED) is 0.331. The summed E-state index contributed by atoms with van der Waals surface area (Å²) in [5.41, 5.74) is 5.91. The van der Waals surface area contributed by atoms with Gasteiger partial charge < -0.3 is 4.74 Å². The van der Waals surface area contributed by atoms with Gasteiger partial charge in [-0.2, -0.15) is 0 Å². The van der Waals surface area contributed by atoms with Crippen LogP contribution >= 0.6 is 11.3 Å². The van der Waals surface area contributed by atoms with E-state index in [4.69, 9.17) is 4.74 Å². The highest BCUT2D eigenvalue weighted by Gasteiger charge is 2.24. The van der Waals surface area contributed by atoms with Crippen molar-refractivity contribution in [3.05, 3.63) is 89.9 Å². The second-order valence-electron chi connectivity index (χ2n) is 9.56. The summed E-state index contributed by atoms with van der Waals surface area (Å²) in [7, 11) is 0. The molecule has 1 aliphatic carbocycles. The first-order chi connectivity index (χ1) is 16.9. The van der Waals surface area contributed by atoms with Crippen LogP contribution in [0.4, 0.5) is 0 Å². The Morgan fingerprint density at radius 3 is 2.31 bits per heavy atom. The molecule has 0 saturated heterocycles. The van der Waals surface area contributed by atoms with Crippen molar-refractivity contribution in [3.63, 3.8) is 0 Å². The van der Waals surface area contributed by atoms with Crippen LogP contribution in [0.1, 0.15) is 58.9 Å².